The molecule has 0 bridgehead atoms. The fourth-order valence-electron chi connectivity index (χ4n) is 1.36. The van der Waals surface area contributed by atoms with Crippen LogP contribution in [0.3, 0.4) is 0 Å². The minimum absolute atomic E-state index is 0.0109. The number of nitrogens with one attached hydrogen (secondary N) is 3. The first-order valence-corrected chi connectivity index (χ1v) is 4.99. The van der Waals surface area contributed by atoms with Gasteiger partial charge < -0.3 is 16.0 Å². The number of rotatable bonds is 5. The van der Waals surface area contributed by atoms with E-state index in [2.05, 4.69) is 16.0 Å². The van der Waals surface area contributed by atoms with Crippen molar-refractivity contribution in [3.8, 4) is 0 Å². The molecular formula is C9H17N3O2. The Bertz CT molecular complexity index is 218. The zero-order valence-corrected chi connectivity index (χ0v) is 8.43. The van der Waals surface area contributed by atoms with Crippen molar-refractivity contribution < 1.29 is 9.59 Å². The van der Waals surface area contributed by atoms with Crippen LogP contribution in [0.4, 0.5) is 0 Å². The summed E-state index contributed by atoms with van der Waals surface area (Å²) in [5.74, 6) is -0.0308. The van der Waals surface area contributed by atoms with Gasteiger partial charge in [0.15, 0.2) is 0 Å². The van der Waals surface area contributed by atoms with Gasteiger partial charge >= 0.3 is 0 Å². The maximum Gasteiger partial charge on any atom is 0.234 e. The Morgan fingerprint density at radius 3 is 3.00 bits per heavy atom. The molecule has 0 aromatic heterocycles. The monoisotopic (exact) mass is 199 g/mol. The number of amides is 2. The first-order valence-electron chi connectivity index (χ1n) is 4.99. The summed E-state index contributed by atoms with van der Waals surface area (Å²) in [7, 11) is 0. The molecule has 1 atom stereocenters. The zero-order valence-electron chi connectivity index (χ0n) is 8.43. The molecule has 0 aromatic rings. The van der Waals surface area contributed by atoms with Gasteiger partial charge in [0.1, 0.15) is 0 Å². The molecule has 14 heavy (non-hydrogen) atoms. The van der Waals surface area contributed by atoms with Gasteiger partial charge in [-0.05, 0) is 13.0 Å². The number of carbonyl (C=O) groups excluding carboxylic acids is 2. The summed E-state index contributed by atoms with van der Waals surface area (Å²) in [5.41, 5.74) is 0. The number of hydrogen-bond acceptors (Lipinski definition) is 3. The molecule has 0 radical (unpaired) electrons. The first-order chi connectivity index (χ1) is 6.72. The predicted molar refractivity (Wildman–Crippen MR) is 52.7 cm³/mol. The minimum atomic E-state index is -0.0417. The second-order valence-electron chi connectivity index (χ2n) is 3.45. The second kappa shape index (κ2) is 5.59. The topological polar surface area (TPSA) is 70.2 Å². The smallest absolute Gasteiger partial charge is 0.234 e. The third kappa shape index (κ3) is 3.74. The highest BCUT2D eigenvalue weighted by atomic mass is 16.2. The van der Waals surface area contributed by atoms with Crippen molar-refractivity contribution in [2.45, 2.75) is 25.8 Å². The van der Waals surface area contributed by atoms with Crippen molar-refractivity contribution in [3.05, 3.63) is 0 Å². The normalized spacial score (nSPS) is 20.6. The van der Waals surface area contributed by atoms with E-state index in [1.165, 1.54) is 0 Å². The van der Waals surface area contributed by atoms with E-state index in [1.54, 1.807) is 0 Å². The molecule has 80 valence electrons. The van der Waals surface area contributed by atoms with Crippen LogP contribution >= 0.6 is 0 Å². The van der Waals surface area contributed by atoms with Gasteiger partial charge in [0.05, 0.1) is 12.6 Å². The minimum Gasteiger partial charge on any atom is -0.354 e. The highest BCUT2D eigenvalue weighted by Gasteiger charge is 2.22. The van der Waals surface area contributed by atoms with E-state index < -0.39 is 0 Å². The maximum absolute atomic E-state index is 11.3. The van der Waals surface area contributed by atoms with Crippen molar-refractivity contribution in [1.29, 1.82) is 0 Å². The van der Waals surface area contributed by atoms with E-state index in [0.29, 0.717) is 19.5 Å². The average molecular weight is 199 g/mol. The summed E-state index contributed by atoms with van der Waals surface area (Å²) in [6.07, 6.45) is 1.41. The van der Waals surface area contributed by atoms with Crippen LogP contribution in [0.25, 0.3) is 0 Å². The van der Waals surface area contributed by atoms with Crippen LogP contribution in [-0.2, 0) is 9.59 Å². The second-order valence-corrected chi connectivity index (χ2v) is 3.45. The van der Waals surface area contributed by atoms with Gasteiger partial charge in [-0.2, -0.15) is 0 Å². The molecule has 1 aliphatic heterocycles. The summed E-state index contributed by atoms with van der Waals surface area (Å²) in [6.45, 7) is 3.77. The standard InChI is InChI=1S/C9H17N3O2/c1-2-3-10-6-9(14)12-7-4-8(13)11-5-7/h7,10H,2-6H2,1H3,(H,11,13)(H,12,14). The van der Waals surface area contributed by atoms with Gasteiger partial charge in [-0.15, -0.1) is 0 Å². The molecule has 5 nitrogen and oxygen atoms in total. The zero-order chi connectivity index (χ0) is 10.4. The van der Waals surface area contributed by atoms with Crippen molar-refractivity contribution in [3.63, 3.8) is 0 Å². The van der Waals surface area contributed by atoms with E-state index in [9.17, 15) is 9.59 Å². The Balaban J connectivity index is 2.11. The van der Waals surface area contributed by atoms with Crippen LogP contribution in [-0.4, -0.2) is 37.5 Å². The van der Waals surface area contributed by atoms with Crippen LogP contribution in [0.5, 0.6) is 0 Å². The molecule has 0 spiro atoms. The lowest BCUT2D eigenvalue weighted by atomic mass is 10.2. The summed E-state index contributed by atoms with van der Waals surface area (Å²) in [5, 5.41) is 8.45. The van der Waals surface area contributed by atoms with Crippen molar-refractivity contribution in [2.24, 2.45) is 0 Å². The van der Waals surface area contributed by atoms with Crippen LogP contribution in [0, 0.1) is 0 Å². The Hall–Kier alpha value is -1.10. The lowest BCUT2D eigenvalue weighted by Crippen LogP contribution is -2.41. The third-order valence-electron chi connectivity index (χ3n) is 2.05. The molecule has 1 aliphatic rings. The highest BCUT2D eigenvalue weighted by Crippen LogP contribution is 1.97. The van der Waals surface area contributed by atoms with Crippen molar-refractivity contribution in [2.75, 3.05) is 19.6 Å². The molecule has 5 heteroatoms. The summed E-state index contributed by atoms with van der Waals surface area (Å²) >= 11 is 0. The van der Waals surface area contributed by atoms with E-state index in [0.717, 1.165) is 13.0 Å². The van der Waals surface area contributed by atoms with E-state index in [-0.39, 0.29) is 17.9 Å². The Kier molecular flexibility index (Phi) is 4.39. The summed E-state index contributed by atoms with van der Waals surface area (Å²) in [4.78, 5) is 22.1. The SMILES string of the molecule is CCCNCC(=O)NC1CNC(=O)C1. The molecule has 1 fully saturated rings. The summed E-state index contributed by atoms with van der Waals surface area (Å²) in [6, 6.07) is -0.0292. The number of carbonyl (C=O) groups is 2. The van der Waals surface area contributed by atoms with Gasteiger partial charge in [0.25, 0.3) is 0 Å². The van der Waals surface area contributed by atoms with Gasteiger partial charge in [-0.1, -0.05) is 6.92 Å². The third-order valence-corrected chi connectivity index (χ3v) is 2.05. The van der Waals surface area contributed by atoms with Crippen molar-refractivity contribution >= 4 is 11.8 Å². The lowest BCUT2D eigenvalue weighted by Gasteiger charge is -2.10. The molecule has 0 saturated carbocycles. The average Bonchev–Trinajstić information content (AvgIpc) is 2.52. The molecule has 1 saturated heterocycles. The molecular weight excluding hydrogens is 182 g/mol. The van der Waals surface area contributed by atoms with Crippen molar-refractivity contribution in [1.82, 2.24) is 16.0 Å². The lowest BCUT2D eigenvalue weighted by molar-refractivity contribution is -0.121. The van der Waals surface area contributed by atoms with Crippen LogP contribution in [0.2, 0.25) is 0 Å². The molecule has 0 aliphatic carbocycles. The van der Waals surface area contributed by atoms with Crippen LogP contribution < -0.4 is 16.0 Å². The van der Waals surface area contributed by atoms with Gasteiger partial charge in [0, 0.05) is 13.0 Å². The maximum atomic E-state index is 11.3. The van der Waals surface area contributed by atoms with E-state index in [1.807, 2.05) is 6.92 Å². The Labute approximate surface area is 83.6 Å². The molecule has 1 unspecified atom stereocenters. The first kappa shape index (κ1) is 11.0. The van der Waals surface area contributed by atoms with Crippen LogP contribution in [0.15, 0.2) is 0 Å². The predicted octanol–water partition coefficient (Wildman–Crippen LogP) is -1.01. The fraction of sp³-hybridized carbons (Fsp3) is 0.778. The number of hydrogen-bond donors (Lipinski definition) is 3. The quantitative estimate of drug-likeness (QED) is 0.497. The van der Waals surface area contributed by atoms with Crippen LogP contribution in [0.1, 0.15) is 19.8 Å². The van der Waals surface area contributed by atoms with E-state index in [4.69, 9.17) is 0 Å². The van der Waals surface area contributed by atoms with Gasteiger partial charge in [-0.3, -0.25) is 9.59 Å². The Morgan fingerprint density at radius 1 is 1.64 bits per heavy atom. The Morgan fingerprint density at radius 2 is 2.43 bits per heavy atom. The fourth-order valence-corrected chi connectivity index (χ4v) is 1.36. The highest BCUT2D eigenvalue weighted by molar-refractivity contribution is 5.82. The molecule has 1 heterocycles. The molecule has 1 rings (SSSR count). The molecule has 3 N–H and O–H groups in total. The van der Waals surface area contributed by atoms with Gasteiger partial charge in [0.2, 0.25) is 11.8 Å². The largest absolute Gasteiger partial charge is 0.354 e. The van der Waals surface area contributed by atoms with Gasteiger partial charge in [-0.25, -0.2) is 0 Å². The summed E-state index contributed by atoms with van der Waals surface area (Å²) < 4.78 is 0. The molecule has 2 amide bonds. The van der Waals surface area contributed by atoms with E-state index >= 15 is 0 Å². The molecule has 0 aromatic carbocycles.